The molecule has 1 aromatic rings. The molecule has 2 rings (SSSR count). The van der Waals surface area contributed by atoms with Gasteiger partial charge in [0.1, 0.15) is 0 Å². The number of likely N-dealkylation sites (tertiary alicyclic amines) is 1. The van der Waals surface area contributed by atoms with Gasteiger partial charge >= 0.3 is 0 Å². The fourth-order valence-electron chi connectivity index (χ4n) is 2.35. The summed E-state index contributed by atoms with van der Waals surface area (Å²) < 4.78 is 0. The number of alkyl halides is 1. The highest BCUT2D eigenvalue weighted by Crippen LogP contribution is 2.26. The highest BCUT2D eigenvalue weighted by Gasteiger charge is 2.29. The maximum Gasteiger partial charge on any atom is 0.0382 e. The molecule has 1 fully saturated rings. The zero-order valence-corrected chi connectivity index (χ0v) is 9.95. The van der Waals surface area contributed by atoms with Crippen molar-refractivity contribution >= 4 is 11.6 Å². The van der Waals surface area contributed by atoms with Gasteiger partial charge in [-0.1, -0.05) is 37.3 Å². The minimum Gasteiger partial charge on any atom is -0.295 e. The molecule has 0 aliphatic carbocycles. The average Bonchev–Trinajstić information content (AvgIpc) is 2.61. The Hall–Kier alpha value is -0.530. The molecule has 1 aromatic carbocycles. The fraction of sp³-hybridized carbons (Fsp3) is 0.538. The van der Waals surface area contributed by atoms with Crippen molar-refractivity contribution < 1.29 is 0 Å². The molecule has 0 aromatic heterocycles. The Morgan fingerprint density at radius 1 is 1.33 bits per heavy atom. The van der Waals surface area contributed by atoms with Gasteiger partial charge in [0.15, 0.2) is 0 Å². The van der Waals surface area contributed by atoms with E-state index in [0.717, 1.165) is 18.3 Å². The molecule has 1 aliphatic heterocycles. The Labute approximate surface area is 97.0 Å². The third kappa shape index (κ3) is 2.53. The molecule has 2 unspecified atom stereocenters. The summed E-state index contributed by atoms with van der Waals surface area (Å²) in [5, 5.41) is 0. The van der Waals surface area contributed by atoms with E-state index in [1.54, 1.807) is 0 Å². The molecule has 0 saturated carbocycles. The minimum absolute atomic E-state index is 0.562. The van der Waals surface area contributed by atoms with E-state index in [4.69, 9.17) is 11.6 Å². The Kier molecular flexibility index (Phi) is 3.66. The molecule has 2 atom stereocenters. The molecule has 0 N–H and O–H groups in total. The van der Waals surface area contributed by atoms with Crippen molar-refractivity contribution in [2.75, 3.05) is 12.4 Å². The van der Waals surface area contributed by atoms with Gasteiger partial charge in [0.05, 0.1) is 0 Å². The second kappa shape index (κ2) is 5.00. The summed E-state index contributed by atoms with van der Waals surface area (Å²) in [7, 11) is 0. The first-order valence-electron chi connectivity index (χ1n) is 5.65. The van der Waals surface area contributed by atoms with Crippen LogP contribution in [0.4, 0.5) is 0 Å². The highest BCUT2D eigenvalue weighted by molar-refractivity contribution is 6.18. The van der Waals surface area contributed by atoms with Crippen LogP contribution in [0, 0.1) is 5.92 Å². The van der Waals surface area contributed by atoms with E-state index in [0.29, 0.717) is 6.04 Å². The van der Waals surface area contributed by atoms with Gasteiger partial charge in [0, 0.05) is 18.5 Å². The van der Waals surface area contributed by atoms with Gasteiger partial charge < -0.3 is 0 Å². The first kappa shape index (κ1) is 11.0. The Balaban J connectivity index is 2.00. The summed E-state index contributed by atoms with van der Waals surface area (Å²) >= 11 is 6.02. The number of halogens is 1. The third-order valence-corrected chi connectivity index (χ3v) is 3.70. The number of rotatable bonds is 3. The normalized spacial score (nSPS) is 27.1. The van der Waals surface area contributed by atoms with E-state index in [1.807, 2.05) is 0 Å². The maximum atomic E-state index is 6.02. The Bertz CT molecular complexity index is 299. The van der Waals surface area contributed by atoms with Gasteiger partial charge in [-0.05, 0) is 24.4 Å². The lowest BCUT2D eigenvalue weighted by Crippen LogP contribution is -2.33. The van der Waals surface area contributed by atoms with Crippen molar-refractivity contribution in [3.05, 3.63) is 35.9 Å². The molecule has 2 heteroatoms. The Morgan fingerprint density at radius 3 is 2.73 bits per heavy atom. The monoisotopic (exact) mass is 223 g/mol. The van der Waals surface area contributed by atoms with Gasteiger partial charge in [-0.15, -0.1) is 11.6 Å². The lowest BCUT2D eigenvalue weighted by Gasteiger charge is -2.24. The molecule has 0 radical (unpaired) electrons. The molecule has 1 heterocycles. The lowest BCUT2D eigenvalue weighted by atomic mass is 10.0. The highest BCUT2D eigenvalue weighted by atomic mass is 35.5. The first-order chi connectivity index (χ1) is 7.31. The van der Waals surface area contributed by atoms with Crippen LogP contribution in [-0.2, 0) is 6.54 Å². The minimum atomic E-state index is 0.562. The summed E-state index contributed by atoms with van der Waals surface area (Å²) in [5.41, 5.74) is 1.39. The predicted molar refractivity (Wildman–Crippen MR) is 65.1 cm³/mol. The van der Waals surface area contributed by atoms with Crippen LogP contribution < -0.4 is 0 Å². The van der Waals surface area contributed by atoms with Crippen LogP contribution >= 0.6 is 11.6 Å². The number of hydrogen-bond acceptors (Lipinski definition) is 1. The van der Waals surface area contributed by atoms with E-state index in [2.05, 4.69) is 42.2 Å². The van der Waals surface area contributed by atoms with Crippen LogP contribution in [0.15, 0.2) is 30.3 Å². The second-order valence-corrected chi connectivity index (χ2v) is 4.75. The summed E-state index contributed by atoms with van der Waals surface area (Å²) in [6.07, 6.45) is 1.28. The molecule has 15 heavy (non-hydrogen) atoms. The van der Waals surface area contributed by atoms with E-state index < -0.39 is 0 Å². The van der Waals surface area contributed by atoms with Crippen molar-refractivity contribution in [1.29, 1.82) is 0 Å². The molecule has 0 spiro atoms. The van der Waals surface area contributed by atoms with Crippen molar-refractivity contribution in [2.24, 2.45) is 5.92 Å². The van der Waals surface area contributed by atoms with E-state index in [-0.39, 0.29) is 0 Å². The number of benzene rings is 1. The molecular formula is C13H18ClN. The van der Waals surface area contributed by atoms with Gasteiger partial charge in [-0.2, -0.15) is 0 Å². The quantitative estimate of drug-likeness (QED) is 0.712. The standard InChI is InChI=1S/C13H18ClN/c1-11-7-8-15(13(11)9-14)10-12-5-3-2-4-6-12/h2-6,11,13H,7-10H2,1H3. The lowest BCUT2D eigenvalue weighted by molar-refractivity contribution is 0.242. The van der Waals surface area contributed by atoms with Gasteiger partial charge in [0.2, 0.25) is 0 Å². The van der Waals surface area contributed by atoms with Crippen molar-refractivity contribution in [3.63, 3.8) is 0 Å². The molecule has 1 aliphatic rings. The van der Waals surface area contributed by atoms with Crippen LogP contribution in [0.1, 0.15) is 18.9 Å². The van der Waals surface area contributed by atoms with Gasteiger partial charge in [0.25, 0.3) is 0 Å². The van der Waals surface area contributed by atoms with E-state index in [1.165, 1.54) is 18.5 Å². The topological polar surface area (TPSA) is 3.24 Å². The Morgan fingerprint density at radius 2 is 2.07 bits per heavy atom. The van der Waals surface area contributed by atoms with Crippen LogP contribution in [0.25, 0.3) is 0 Å². The van der Waals surface area contributed by atoms with Gasteiger partial charge in [-0.25, -0.2) is 0 Å². The first-order valence-corrected chi connectivity index (χ1v) is 6.18. The maximum absolute atomic E-state index is 6.02. The SMILES string of the molecule is CC1CCN(Cc2ccccc2)C1CCl. The zero-order valence-electron chi connectivity index (χ0n) is 9.20. The molecular weight excluding hydrogens is 206 g/mol. The van der Waals surface area contributed by atoms with E-state index >= 15 is 0 Å². The molecule has 82 valence electrons. The van der Waals surface area contributed by atoms with Crippen LogP contribution in [0.2, 0.25) is 0 Å². The summed E-state index contributed by atoms with van der Waals surface area (Å²) in [6.45, 7) is 4.54. The van der Waals surface area contributed by atoms with Crippen molar-refractivity contribution in [2.45, 2.75) is 25.9 Å². The van der Waals surface area contributed by atoms with Crippen LogP contribution in [-0.4, -0.2) is 23.4 Å². The third-order valence-electron chi connectivity index (χ3n) is 3.38. The van der Waals surface area contributed by atoms with Crippen molar-refractivity contribution in [3.8, 4) is 0 Å². The summed E-state index contributed by atoms with van der Waals surface area (Å²) in [5.74, 6) is 1.50. The zero-order chi connectivity index (χ0) is 10.7. The molecule has 1 nitrogen and oxygen atoms in total. The fourth-order valence-corrected chi connectivity index (χ4v) is 2.85. The molecule has 1 saturated heterocycles. The largest absolute Gasteiger partial charge is 0.295 e. The number of nitrogens with zero attached hydrogens (tertiary/aromatic N) is 1. The van der Waals surface area contributed by atoms with Crippen LogP contribution in [0.5, 0.6) is 0 Å². The smallest absolute Gasteiger partial charge is 0.0382 e. The summed E-state index contributed by atoms with van der Waals surface area (Å²) in [4.78, 5) is 2.51. The number of hydrogen-bond donors (Lipinski definition) is 0. The van der Waals surface area contributed by atoms with Crippen molar-refractivity contribution in [1.82, 2.24) is 4.90 Å². The van der Waals surface area contributed by atoms with E-state index in [9.17, 15) is 0 Å². The van der Waals surface area contributed by atoms with Gasteiger partial charge in [-0.3, -0.25) is 4.90 Å². The average molecular weight is 224 g/mol. The molecule has 0 bridgehead atoms. The second-order valence-electron chi connectivity index (χ2n) is 4.44. The molecule has 0 amide bonds. The predicted octanol–water partition coefficient (Wildman–Crippen LogP) is 3.14. The summed E-state index contributed by atoms with van der Waals surface area (Å²) in [6, 6.07) is 11.2. The van der Waals surface area contributed by atoms with Crippen LogP contribution in [0.3, 0.4) is 0 Å².